The predicted octanol–water partition coefficient (Wildman–Crippen LogP) is 10.4. The highest BCUT2D eigenvalue weighted by atomic mass is 31.3. The molecule has 1 aromatic rings. The Balaban J connectivity index is 1.84. The maximum absolute atomic E-state index is 12.9. The first kappa shape index (κ1) is 63.8. The van der Waals surface area contributed by atoms with Gasteiger partial charge >= 0.3 is 33.3 Å². The second-order valence-corrected chi connectivity index (χ2v) is 20.0. The van der Waals surface area contributed by atoms with Gasteiger partial charge in [-0.3, -0.25) is 23.2 Å². The third kappa shape index (κ3) is 31.3. The van der Waals surface area contributed by atoms with E-state index in [2.05, 4.69) is 102 Å². The quantitative estimate of drug-likeness (QED) is 0.0177. The van der Waals surface area contributed by atoms with Crippen LogP contribution in [0.1, 0.15) is 148 Å². The summed E-state index contributed by atoms with van der Waals surface area (Å²) in [6.45, 7) is 1.91. The molecule has 0 amide bonds. The van der Waals surface area contributed by atoms with E-state index in [1.165, 1.54) is 25.3 Å². The molecule has 0 aromatic carbocycles. The zero-order valence-corrected chi connectivity index (χ0v) is 44.0. The number of aliphatic hydroxyl groups excluding tert-OH is 2. The number of rotatable bonds is 40. The molecule has 3 unspecified atom stereocenters. The normalized spacial score (nSPS) is 19.9. The molecule has 1 aliphatic heterocycles. The summed E-state index contributed by atoms with van der Waals surface area (Å²) in [5.41, 5.74) is 4.58. The molecule has 20 heteroatoms. The highest BCUT2D eigenvalue weighted by molar-refractivity contribution is 7.61. The highest BCUT2D eigenvalue weighted by Gasteiger charge is 2.46. The van der Waals surface area contributed by atoms with Gasteiger partial charge in [-0.05, 0) is 89.5 Å². The van der Waals surface area contributed by atoms with Crippen LogP contribution in [0.15, 0.2) is 114 Å². The number of carbonyl (C=O) groups excluding carboxylic acids is 2. The molecule has 1 fully saturated rings. The van der Waals surface area contributed by atoms with Crippen molar-refractivity contribution >= 4 is 33.4 Å². The minimum Gasteiger partial charge on any atom is -0.462 e. The lowest BCUT2D eigenvalue weighted by Gasteiger charge is -2.21. The number of nitrogens with two attached hydrogens (primary N) is 1. The second kappa shape index (κ2) is 39.2. The van der Waals surface area contributed by atoms with Gasteiger partial charge in [-0.25, -0.2) is 13.9 Å². The van der Waals surface area contributed by atoms with E-state index < -0.39 is 83.7 Å². The molecular formula is C52H81N3O15P2. The number of esters is 2. The molecule has 1 aliphatic rings. The Morgan fingerprint density at radius 3 is 1.76 bits per heavy atom. The third-order valence-corrected chi connectivity index (χ3v) is 13.3. The lowest BCUT2D eigenvalue weighted by atomic mass is 10.1. The number of carbonyl (C=O) groups is 2. The van der Waals surface area contributed by atoms with Crippen molar-refractivity contribution in [2.45, 2.75) is 173 Å². The lowest BCUT2D eigenvalue weighted by Crippen LogP contribution is -2.36. The summed E-state index contributed by atoms with van der Waals surface area (Å²) in [6.07, 6.45) is 43.6. The molecule has 18 nitrogen and oxygen atoms in total. The van der Waals surface area contributed by atoms with Crippen molar-refractivity contribution in [1.82, 2.24) is 9.55 Å². The lowest BCUT2D eigenvalue weighted by molar-refractivity contribution is -0.161. The van der Waals surface area contributed by atoms with E-state index in [1.54, 1.807) is 0 Å². The van der Waals surface area contributed by atoms with E-state index in [4.69, 9.17) is 29.0 Å². The summed E-state index contributed by atoms with van der Waals surface area (Å²) in [7, 11) is -10.9. The fourth-order valence-corrected chi connectivity index (χ4v) is 8.89. The van der Waals surface area contributed by atoms with Crippen molar-refractivity contribution < 1.29 is 66.3 Å². The van der Waals surface area contributed by atoms with Crippen LogP contribution >= 0.6 is 15.6 Å². The molecule has 0 radical (unpaired) electrons. The van der Waals surface area contributed by atoms with Gasteiger partial charge in [0.15, 0.2) is 12.3 Å². The number of unbranched alkanes of at least 4 members (excludes halogenated alkanes) is 8. The monoisotopic (exact) mass is 1050 g/mol. The molecule has 0 bridgehead atoms. The number of ether oxygens (including phenoxy) is 3. The molecule has 1 saturated heterocycles. The van der Waals surface area contributed by atoms with Crippen LogP contribution in [-0.4, -0.2) is 85.7 Å². The summed E-state index contributed by atoms with van der Waals surface area (Å²) in [5.74, 6) is -1.42. The molecule has 0 spiro atoms. The predicted molar refractivity (Wildman–Crippen MR) is 279 cm³/mol. The van der Waals surface area contributed by atoms with Crippen LogP contribution in [0.2, 0.25) is 0 Å². The maximum atomic E-state index is 12.9. The van der Waals surface area contributed by atoms with Crippen molar-refractivity contribution in [2.75, 3.05) is 25.6 Å². The van der Waals surface area contributed by atoms with Crippen molar-refractivity contribution in [1.29, 1.82) is 0 Å². The molecule has 7 atom stereocenters. The Morgan fingerprint density at radius 1 is 0.681 bits per heavy atom. The van der Waals surface area contributed by atoms with E-state index in [0.29, 0.717) is 19.3 Å². The van der Waals surface area contributed by atoms with Crippen molar-refractivity contribution in [2.24, 2.45) is 0 Å². The topological polar surface area (TPSA) is 265 Å². The van der Waals surface area contributed by atoms with Crippen LogP contribution in [0.25, 0.3) is 0 Å². The Bertz CT molecular complexity index is 2080. The van der Waals surface area contributed by atoms with Gasteiger partial charge in [-0.15, -0.1) is 0 Å². The largest absolute Gasteiger partial charge is 0.481 e. The average molecular weight is 1050 g/mol. The van der Waals surface area contributed by atoms with Crippen LogP contribution < -0.4 is 11.4 Å². The first-order chi connectivity index (χ1) is 34.7. The number of phosphoric ester groups is 2. The minimum atomic E-state index is -5.44. The van der Waals surface area contributed by atoms with E-state index in [1.807, 2.05) is 18.2 Å². The van der Waals surface area contributed by atoms with Crippen LogP contribution in [0.3, 0.4) is 0 Å². The molecule has 72 heavy (non-hydrogen) atoms. The number of aliphatic hydroxyl groups is 2. The van der Waals surface area contributed by atoms with Gasteiger partial charge in [-0.1, -0.05) is 143 Å². The molecular weight excluding hydrogens is 969 g/mol. The fourth-order valence-electron chi connectivity index (χ4n) is 6.78. The maximum Gasteiger partial charge on any atom is 0.481 e. The molecule has 6 N–H and O–H groups in total. The molecule has 2 rings (SSSR count). The number of allylic oxidation sites excluding steroid dienone is 16. The summed E-state index contributed by atoms with van der Waals surface area (Å²) in [6, 6.07) is 1.24. The average Bonchev–Trinajstić information content (AvgIpc) is 3.62. The molecule has 2 heterocycles. The summed E-state index contributed by atoms with van der Waals surface area (Å²) >= 11 is 0. The fraction of sp³-hybridized carbons (Fsp3) is 0.577. The standard InChI is InChI=1S/C52H81N3O15P2/c1-3-5-7-9-11-13-15-17-19-20-21-22-24-25-27-29-31-33-35-37-47(56)65-41-44(68-48(57)38-36-34-32-30-28-26-23-18-16-14-12-10-8-6-4-2)42-66-71(61,62)70-72(63,64)67-43-45-49(58)50(59)51(69-45)55-40-39-46(53)54-52(55)60/h5,7,11-14,17-19,21-23,25,27,31,33,39-40,44-45,49-51,58-59H,3-4,6,8-10,15-16,20,24,26,28-30,32,34-38,41-43H2,1-2H3,(H,61,62)(H,63,64)(H2,53,54,60)/b7-5-,13-11-,14-12-,19-17-,22-21-,23-18-,27-25-,33-31-/t44-,45-,49+,50?,51-/m1/s1. The number of nitrogens with zero attached hydrogens (tertiary/aromatic N) is 2. The summed E-state index contributed by atoms with van der Waals surface area (Å²) in [5, 5.41) is 20.9. The van der Waals surface area contributed by atoms with Crippen LogP contribution in [0, 0.1) is 0 Å². The Labute approximate surface area is 426 Å². The zero-order chi connectivity index (χ0) is 52.7. The van der Waals surface area contributed by atoms with E-state index in [-0.39, 0.29) is 18.7 Å². The number of phosphoric acid groups is 2. The van der Waals surface area contributed by atoms with Crippen LogP contribution in [-0.2, 0) is 46.3 Å². The number of nitrogen functional groups attached to an aromatic ring is 1. The zero-order valence-electron chi connectivity index (χ0n) is 42.2. The van der Waals surface area contributed by atoms with Crippen molar-refractivity contribution in [3.8, 4) is 0 Å². The smallest absolute Gasteiger partial charge is 0.462 e. The van der Waals surface area contributed by atoms with Gasteiger partial charge < -0.3 is 39.9 Å². The summed E-state index contributed by atoms with van der Waals surface area (Å²) in [4.78, 5) is 61.9. The number of hydrogen-bond acceptors (Lipinski definition) is 15. The van der Waals surface area contributed by atoms with Gasteiger partial charge in [-0.2, -0.15) is 9.29 Å². The number of hydrogen-bond donors (Lipinski definition) is 5. The highest BCUT2D eigenvalue weighted by Crippen LogP contribution is 2.60. The van der Waals surface area contributed by atoms with E-state index in [0.717, 1.165) is 87.8 Å². The van der Waals surface area contributed by atoms with Gasteiger partial charge in [0.05, 0.1) is 13.2 Å². The first-order valence-corrected chi connectivity index (χ1v) is 28.2. The molecule has 0 aliphatic carbocycles. The third-order valence-electron chi connectivity index (χ3n) is 10.7. The van der Waals surface area contributed by atoms with Gasteiger partial charge in [0.2, 0.25) is 0 Å². The van der Waals surface area contributed by atoms with Crippen molar-refractivity contribution in [3.63, 3.8) is 0 Å². The number of anilines is 1. The molecule has 0 saturated carbocycles. The minimum absolute atomic E-state index is 0.00687. The van der Waals surface area contributed by atoms with Crippen molar-refractivity contribution in [3.05, 3.63) is 120 Å². The Morgan fingerprint density at radius 2 is 1.19 bits per heavy atom. The van der Waals surface area contributed by atoms with Gasteiger partial charge in [0.25, 0.3) is 0 Å². The first-order valence-electron chi connectivity index (χ1n) is 25.2. The number of aromatic nitrogens is 2. The molecule has 404 valence electrons. The molecule has 1 aromatic heterocycles. The van der Waals surface area contributed by atoms with E-state index in [9.17, 15) is 43.5 Å². The van der Waals surface area contributed by atoms with Crippen LogP contribution in [0.4, 0.5) is 5.82 Å². The second-order valence-electron chi connectivity index (χ2n) is 16.9. The van der Waals surface area contributed by atoms with Crippen LogP contribution in [0.5, 0.6) is 0 Å². The Kier molecular flexibility index (Phi) is 34.7. The Hall–Kier alpha value is -4.32. The SMILES string of the molecule is CC/C=C\C/C=C\C/C=C\C/C=C\C/C=C\C/C=C\CCC(=O)OC[C@H](COP(=O)(O)OP(=O)(O)OC[C@H]1O[C@@H](n2ccc(N)nc2=O)C(O)[C@H]1O)OC(=O)CCCCCCC/C=C\C/C=C\CCCCC. The van der Waals surface area contributed by atoms with E-state index >= 15 is 0 Å². The van der Waals surface area contributed by atoms with Gasteiger partial charge in [0, 0.05) is 19.0 Å². The van der Waals surface area contributed by atoms with Gasteiger partial charge in [0.1, 0.15) is 30.7 Å². The summed E-state index contributed by atoms with van der Waals surface area (Å²) < 4.78 is 56.7.